The third-order valence-corrected chi connectivity index (χ3v) is 3.68. The smallest absolute Gasteiger partial charge is 0.337 e. The van der Waals surface area contributed by atoms with E-state index in [4.69, 9.17) is 26.2 Å². The summed E-state index contributed by atoms with van der Waals surface area (Å²) in [4.78, 5) is 11.1. The van der Waals surface area contributed by atoms with Crippen LogP contribution in [0.5, 0.6) is 11.5 Å². The van der Waals surface area contributed by atoms with E-state index in [9.17, 15) is 4.79 Å². The molecule has 0 fully saturated rings. The van der Waals surface area contributed by atoms with Gasteiger partial charge in [0.15, 0.2) is 0 Å². The second kappa shape index (κ2) is 7.70. The average Bonchev–Trinajstić information content (AvgIpc) is 2.59. The first-order valence-electron chi connectivity index (χ1n) is 7.01. The van der Waals surface area contributed by atoms with Crippen molar-refractivity contribution in [1.29, 1.82) is 0 Å². The van der Waals surface area contributed by atoms with Crippen molar-refractivity contribution in [3.63, 3.8) is 0 Å². The first kappa shape index (κ1) is 17.6. The van der Waals surface area contributed by atoms with Crippen LogP contribution >= 0.6 is 11.6 Å². The quantitative estimate of drug-likeness (QED) is 0.611. The molecule has 0 aromatic heterocycles. The van der Waals surface area contributed by atoms with Crippen LogP contribution in [0, 0.1) is 0 Å². The summed E-state index contributed by atoms with van der Waals surface area (Å²) in [6, 6.07) is 9.96. The summed E-state index contributed by atoms with van der Waals surface area (Å²) in [6.45, 7) is 1.80. The number of anilines is 1. The molecule has 0 saturated heterocycles. The van der Waals surface area contributed by atoms with E-state index in [0.717, 1.165) is 5.56 Å². The summed E-state index contributed by atoms with van der Waals surface area (Å²) in [5, 5.41) is 13.5. The van der Waals surface area contributed by atoms with E-state index >= 15 is 0 Å². The number of rotatable bonds is 6. The van der Waals surface area contributed by atoms with Crippen LogP contribution in [0.3, 0.4) is 0 Å². The van der Waals surface area contributed by atoms with E-state index in [2.05, 4.69) is 10.5 Å². The number of ether oxygens (including phenoxy) is 2. The van der Waals surface area contributed by atoms with Gasteiger partial charge in [-0.2, -0.15) is 5.10 Å². The number of hydrazone groups is 1. The lowest BCUT2D eigenvalue weighted by atomic mass is 10.1. The molecule has 0 heterocycles. The number of hydrogen-bond donors (Lipinski definition) is 2. The molecule has 2 N–H and O–H groups in total. The van der Waals surface area contributed by atoms with Gasteiger partial charge in [0.05, 0.1) is 36.2 Å². The zero-order valence-electron chi connectivity index (χ0n) is 13.5. The predicted molar refractivity (Wildman–Crippen MR) is 93.8 cm³/mol. The van der Waals surface area contributed by atoms with Gasteiger partial charge in [-0.25, -0.2) is 4.79 Å². The number of benzene rings is 2. The zero-order chi connectivity index (χ0) is 17.7. The Morgan fingerprint density at radius 1 is 1.12 bits per heavy atom. The molecule has 0 aliphatic carbocycles. The van der Waals surface area contributed by atoms with E-state index in [1.54, 1.807) is 39.3 Å². The van der Waals surface area contributed by atoms with E-state index in [0.29, 0.717) is 22.9 Å². The van der Waals surface area contributed by atoms with Crippen molar-refractivity contribution in [1.82, 2.24) is 0 Å². The Morgan fingerprint density at radius 3 is 2.50 bits per heavy atom. The number of halogens is 1. The maximum atomic E-state index is 11.1. The van der Waals surface area contributed by atoms with Crippen LogP contribution in [0.25, 0.3) is 0 Å². The van der Waals surface area contributed by atoms with Crippen LogP contribution in [0.1, 0.15) is 22.8 Å². The number of nitrogens with zero attached hydrogens (tertiary/aromatic N) is 1. The molecule has 0 aliphatic heterocycles. The fourth-order valence-electron chi connectivity index (χ4n) is 2.06. The van der Waals surface area contributed by atoms with E-state index in [1.165, 1.54) is 12.1 Å². The van der Waals surface area contributed by atoms with Gasteiger partial charge in [-0.05, 0) is 43.3 Å². The van der Waals surface area contributed by atoms with Crippen molar-refractivity contribution < 1.29 is 19.4 Å². The van der Waals surface area contributed by atoms with Gasteiger partial charge in [0, 0.05) is 5.56 Å². The molecule has 0 aliphatic rings. The van der Waals surface area contributed by atoms with Crippen LogP contribution in [0.15, 0.2) is 41.5 Å². The summed E-state index contributed by atoms with van der Waals surface area (Å²) in [5.74, 6) is 0.236. The minimum atomic E-state index is -1.10. The summed E-state index contributed by atoms with van der Waals surface area (Å²) in [6.07, 6.45) is 0. The van der Waals surface area contributed by atoms with Crippen molar-refractivity contribution in [2.24, 2.45) is 5.10 Å². The molecule has 0 atom stereocenters. The van der Waals surface area contributed by atoms with Crippen molar-refractivity contribution in [2.45, 2.75) is 6.92 Å². The molecule has 0 spiro atoms. The Morgan fingerprint density at radius 2 is 1.88 bits per heavy atom. The zero-order valence-corrected chi connectivity index (χ0v) is 14.2. The van der Waals surface area contributed by atoms with Crippen molar-refractivity contribution in [3.8, 4) is 11.5 Å². The molecule has 2 rings (SSSR count). The molecular weight excluding hydrogens is 332 g/mol. The standard InChI is InChI=1S/C17H17ClN2O4/c1-10(13-9-12(23-2)5-7-16(13)24-3)19-20-11-4-6-15(18)14(8-11)17(21)22/h4-9,20H,1-3H3,(H,21,22). The highest BCUT2D eigenvalue weighted by molar-refractivity contribution is 6.33. The van der Waals surface area contributed by atoms with Crippen LogP contribution in [0.4, 0.5) is 5.69 Å². The number of hydrogen-bond acceptors (Lipinski definition) is 5. The lowest BCUT2D eigenvalue weighted by molar-refractivity contribution is 0.0697. The van der Waals surface area contributed by atoms with Gasteiger partial charge < -0.3 is 14.6 Å². The lowest BCUT2D eigenvalue weighted by Gasteiger charge is -2.11. The van der Waals surface area contributed by atoms with Gasteiger partial charge in [0.25, 0.3) is 0 Å². The first-order chi connectivity index (χ1) is 11.5. The molecule has 2 aromatic carbocycles. The van der Waals surface area contributed by atoms with Gasteiger partial charge in [0.2, 0.25) is 0 Å². The fourth-order valence-corrected chi connectivity index (χ4v) is 2.26. The molecular formula is C17H17ClN2O4. The van der Waals surface area contributed by atoms with Gasteiger partial charge in [-0.3, -0.25) is 5.43 Å². The van der Waals surface area contributed by atoms with Gasteiger partial charge in [-0.15, -0.1) is 0 Å². The highest BCUT2D eigenvalue weighted by Crippen LogP contribution is 2.25. The van der Waals surface area contributed by atoms with Crippen LogP contribution in [-0.2, 0) is 0 Å². The summed E-state index contributed by atoms with van der Waals surface area (Å²) < 4.78 is 10.5. The summed E-state index contributed by atoms with van der Waals surface area (Å²) >= 11 is 5.85. The maximum absolute atomic E-state index is 11.1. The first-order valence-corrected chi connectivity index (χ1v) is 7.39. The van der Waals surface area contributed by atoms with Crippen molar-refractivity contribution in [2.75, 3.05) is 19.6 Å². The molecule has 0 bridgehead atoms. The number of aromatic carboxylic acids is 1. The minimum absolute atomic E-state index is 0.00785. The largest absolute Gasteiger partial charge is 0.497 e. The summed E-state index contributed by atoms with van der Waals surface area (Å²) in [5.41, 5.74) is 4.76. The number of carboxylic acids is 1. The monoisotopic (exact) mass is 348 g/mol. The molecule has 24 heavy (non-hydrogen) atoms. The number of nitrogens with one attached hydrogen (secondary N) is 1. The predicted octanol–water partition coefficient (Wildman–Crippen LogP) is 3.89. The van der Waals surface area contributed by atoms with Gasteiger partial charge in [0.1, 0.15) is 11.5 Å². The lowest BCUT2D eigenvalue weighted by Crippen LogP contribution is -2.04. The van der Waals surface area contributed by atoms with Crippen LogP contribution in [0.2, 0.25) is 5.02 Å². The molecule has 0 unspecified atom stereocenters. The molecule has 7 heteroatoms. The molecule has 0 amide bonds. The number of carbonyl (C=O) groups is 1. The molecule has 126 valence electrons. The Labute approximate surface area is 144 Å². The minimum Gasteiger partial charge on any atom is -0.497 e. The molecule has 6 nitrogen and oxygen atoms in total. The van der Waals surface area contributed by atoms with Gasteiger partial charge >= 0.3 is 5.97 Å². The van der Waals surface area contributed by atoms with E-state index < -0.39 is 5.97 Å². The van der Waals surface area contributed by atoms with Crippen LogP contribution < -0.4 is 14.9 Å². The number of methoxy groups -OCH3 is 2. The average molecular weight is 349 g/mol. The maximum Gasteiger partial charge on any atom is 0.337 e. The Hall–Kier alpha value is -2.73. The highest BCUT2D eigenvalue weighted by atomic mass is 35.5. The second-order valence-electron chi connectivity index (χ2n) is 4.88. The fraction of sp³-hybridized carbons (Fsp3) is 0.176. The summed E-state index contributed by atoms with van der Waals surface area (Å²) in [7, 11) is 3.15. The van der Waals surface area contributed by atoms with E-state index in [1.807, 2.05) is 6.07 Å². The van der Waals surface area contributed by atoms with Gasteiger partial charge in [-0.1, -0.05) is 11.6 Å². The molecule has 0 saturated carbocycles. The Kier molecular flexibility index (Phi) is 5.65. The second-order valence-corrected chi connectivity index (χ2v) is 5.28. The van der Waals surface area contributed by atoms with Crippen LogP contribution in [-0.4, -0.2) is 31.0 Å². The van der Waals surface area contributed by atoms with E-state index in [-0.39, 0.29) is 10.6 Å². The Bertz CT molecular complexity index is 790. The molecule has 2 aromatic rings. The topological polar surface area (TPSA) is 80.2 Å². The Balaban J connectivity index is 2.29. The third kappa shape index (κ3) is 3.97. The van der Waals surface area contributed by atoms with Crippen molar-refractivity contribution >= 4 is 29.0 Å². The highest BCUT2D eigenvalue weighted by Gasteiger charge is 2.10. The number of carboxylic acid groups (broad SMARTS) is 1. The normalized spacial score (nSPS) is 11.1. The van der Waals surface area contributed by atoms with Crippen molar-refractivity contribution in [3.05, 3.63) is 52.5 Å². The SMILES string of the molecule is COc1ccc(OC)c(C(C)=NNc2ccc(Cl)c(C(=O)O)c2)c1. The molecule has 0 radical (unpaired) electrons. The third-order valence-electron chi connectivity index (χ3n) is 3.35.